The van der Waals surface area contributed by atoms with E-state index < -0.39 is 11.7 Å². The van der Waals surface area contributed by atoms with Crippen molar-refractivity contribution in [2.24, 2.45) is 0 Å². The summed E-state index contributed by atoms with van der Waals surface area (Å²) >= 11 is 0. The van der Waals surface area contributed by atoms with Crippen molar-refractivity contribution in [3.8, 4) is 0 Å². The first-order valence-corrected chi connectivity index (χ1v) is 12.1. The van der Waals surface area contributed by atoms with Gasteiger partial charge in [-0.3, -0.25) is 15.1 Å². The molecule has 0 bridgehead atoms. The molecule has 1 aliphatic carbocycles. The van der Waals surface area contributed by atoms with E-state index in [0.29, 0.717) is 25.5 Å². The average Bonchev–Trinajstić information content (AvgIpc) is 3.24. The van der Waals surface area contributed by atoms with E-state index in [0.717, 1.165) is 42.6 Å². The van der Waals surface area contributed by atoms with Crippen LogP contribution in [0.2, 0.25) is 0 Å². The van der Waals surface area contributed by atoms with Crippen LogP contribution in [0.3, 0.4) is 0 Å². The standard InChI is InChI=1S/C26H29F3N6O/c1-34-16-35(21-9-5-8-20(21)33-35)23(30)22(25(34)36)24(32-19-6-3-2-4-7-19)31-15-14-17-10-12-18(13-11-17)26(27,28)29/h2-4,6-7,10-13,20-21,30-32H,5,8-9,14-16H2,1H3/b24-22-,30-23?/t20-,21+,35?/m1/s1. The quantitative estimate of drug-likeness (QED) is 0.402. The zero-order valence-corrected chi connectivity index (χ0v) is 20.0. The lowest BCUT2D eigenvalue weighted by Crippen LogP contribution is -2.74. The van der Waals surface area contributed by atoms with Crippen molar-refractivity contribution >= 4 is 17.4 Å². The number of fused-ring (bicyclic) bond motifs is 2. The van der Waals surface area contributed by atoms with E-state index in [9.17, 15) is 18.0 Å². The summed E-state index contributed by atoms with van der Waals surface area (Å²) in [7, 11) is 1.73. The third-order valence-corrected chi connectivity index (χ3v) is 7.25. The molecule has 1 unspecified atom stereocenters. The first-order chi connectivity index (χ1) is 17.2. The van der Waals surface area contributed by atoms with Crippen molar-refractivity contribution in [2.75, 3.05) is 25.6 Å². The number of rotatable bonds is 6. The molecule has 1 spiro atoms. The van der Waals surface area contributed by atoms with E-state index in [1.54, 1.807) is 11.9 Å². The monoisotopic (exact) mass is 498 g/mol. The number of benzene rings is 2. The van der Waals surface area contributed by atoms with Crippen LogP contribution in [0.4, 0.5) is 18.9 Å². The van der Waals surface area contributed by atoms with Crippen LogP contribution >= 0.6 is 0 Å². The first-order valence-electron chi connectivity index (χ1n) is 12.1. The molecule has 0 aromatic heterocycles. The molecule has 1 saturated carbocycles. The number of halogens is 3. The van der Waals surface area contributed by atoms with Crippen LogP contribution in [0.15, 0.2) is 66.0 Å². The number of nitrogens with one attached hydrogen (secondary N) is 3. The molecule has 0 radical (unpaired) electrons. The highest BCUT2D eigenvalue weighted by molar-refractivity contribution is 6.19. The van der Waals surface area contributed by atoms with Crippen LogP contribution in [-0.2, 0) is 17.4 Å². The molecule has 3 N–H and O–H groups in total. The molecule has 3 fully saturated rings. The summed E-state index contributed by atoms with van der Waals surface area (Å²) in [6.07, 6.45) is -0.855. The Labute approximate surface area is 208 Å². The van der Waals surface area contributed by atoms with Crippen molar-refractivity contribution in [3.05, 3.63) is 82.5 Å². The van der Waals surface area contributed by atoms with Gasteiger partial charge in [-0.15, -0.1) is 0 Å². The number of para-hydroxylation sites is 1. The lowest BCUT2D eigenvalue weighted by molar-refractivity contribution is -0.880. The van der Waals surface area contributed by atoms with Gasteiger partial charge in [-0.2, -0.15) is 13.2 Å². The maximum absolute atomic E-state index is 13.3. The Bertz CT molecular complexity index is 1180. The molecule has 3 atom stereocenters. The Hall–Kier alpha value is -3.37. The van der Waals surface area contributed by atoms with Crippen LogP contribution in [0.25, 0.3) is 5.43 Å². The molecule has 2 aromatic carbocycles. The minimum absolute atomic E-state index is 0.142. The highest BCUT2D eigenvalue weighted by Gasteiger charge is 2.55. The summed E-state index contributed by atoms with van der Waals surface area (Å²) in [6.45, 7) is 0.712. The fourth-order valence-corrected chi connectivity index (χ4v) is 5.42. The molecule has 36 heavy (non-hydrogen) atoms. The molecule has 190 valence electrons. The molecule has 10 heteroatoms. The van der Waals surface area contributed by atoms with Gasteiger partial charge in [0.2, 0.25) is 5.84 Å². The highest BCUT2D eigenvalue weighted by Crippen LogP contribution is 2.50. The summed E-state index contributed by atoms with van der Waals surface area (Å²) in [5.74, 6) is 0.325. The minimum atomic E-state index is -4.37. The van der Waals surface area contributed by atoms with Gasteiger partial charge >= 0.3 is 6.18 Å². The molecular formula is C26H29F3N6O. The van der Waals surface area contributed by atoms with E-state index in [-0.39, 0.29) is 34.0 Å². The van der Waals surface area contributed by atoms with Gasteiger partial charge in [0.25, 0.3) is 5.91 Å². The van der Waals surface area contributed by atoms with Gasteiger partial charge in [0, 0.05) is 19.3 Å². The molecule has 7 nitrogen and oxygen atoms in total. The molecule has 5 rings (SSSR count). The fourth-order valence-electron chi connectivity index (χ4n) is 5.42. The van der Waals surface area contributed by atoms with Crippen LogP contribution in [0.1, 0.15) is 30.4 Å². The molecule has 2 saturated heterocycles. The molecule has 3 aliphatic rings. The second-order valence-corrected chi connectivity index (χ2v) is 9.61. The van der Waals surface area contributed by atoms with Crippen LogP contribution < -0.4 is 10.6 Å². The topological polar surface area (TPSA) is 82.3 Å². The smallest absolute Gasteiger partial charge is 0.416 e. The zero-order chi connectivity index (χ0) is 25.5. The van der Waals surface area contributed by atoms with Crippen molar-refractivity contribution in [1.82, 2.24) is 10.2 Å². The number of amidine groups is 1. The number of carbonyl (C=O) groups is 1. The number of carbonyl (C=O) groups excluding carboxylic acids is 1. The van der Waals surface area contributed by atoms with Gasteiger partial charge in [0.15, 0.2) is 12.2 Å². The van der Waals surface area contributed by atoms with Crippen molar-refractivity contribution in [3.63, 3.8) is 0 Å². The maximum Gasteiger partial charge on any atom is 0.416 e. The zero-order valence-electron chi connectivity index (χ0n) is 20.0. The molecule has 2 aliphatic heterocycles. The largest absolute Gasteiger partial charge is 0.436 e. The van der Waals surface area contributed by atoms with Gasteiger partial charge in [-0.05, 0) is 55.1 Å². The number of hydrogen-bond donors (Lipinski definition) is 3. The van der Waals surface area contributed by atoms with Crippen LogP contribution in [-0.4, -0.2) is 53.6 Å². The summed E-state index contributed by atoms with van der Waals surface area (Å²) in [6, 6.07) is 14.9. The van der Waals surface area contributed by atoms with Gasteiger partial charge in [0.05, 0.1) is 11.6 Å². The average molecular weight is 499 g/mol. The predicted octanol–water partition coefficient (Wildman–Crippen LogP) is 4.61. The van der Waals surface area contributed by atoms with Crippen molar-refractivity contribution in [2.45, 2.75) is 43.9 Å². The third-order valence-electron chi connectivity index (χ3n) is 7.25. The lowest BCUT2D eigenvalue weighted by Gasteiger charge is -2.68. The van der Waals surface area contributed by atoms with Gasteiger partial charge < -0.3 is 20.7 Å². The molecular weight excluding hydrogens is 469 g/mol. The summed E-state index contributed by atoms with van der Waals surface area (Å²) in [4.78, 5) is 15.0. The van der Waals surface area contributed by atoms with Gasteiger partial charge in [-0.1, -0.05) is 36.8 Å². The fraction of sp³-hybridized carbons (Fsp3) is 0.385. The van der Waals surface area contributed by atoms with E-state index >= 15 is 0 Å². The van der Waals surface area contributed by atoms with Crippen LogP contribution in [0, 0.1) is 5.41 Å². The van der Waals surface area contributed by atoms with E-state index in [1.807, 2.05) is 30.3 Å². The second-order valence-electron chi connectivity index (χ2n) is 9.61. The number of hydrogen-bond acceptors (Lipinski definition) is 4. The lowest BCUT2D eigenvalue weighted by atomic mass is 9.98. The summed E-state index contributed by atoms with van der Waals surface area (Å²) in [5, 5.41) is 15.6. The number of nitrogens with zero attached hydrogens (tertiary/aromatic N) is 3. The Morgan fingerprint density at radius 3 is 2.53 bits per heavy atom. The summed E-state index contributed by atoms with van der Waals surface area (Å²) < 4.78 is 38.8. The number of likely N-dealkylation sites (N-methyl/N-ethyl adjacent to an activating group) is 1. The third kappa shape index (κ3) is 4.35. The number of anilines is 1. The van der Waals surface area contributed by atoms with Gasteiger partial charge in [-0.25, -0.2) is 0 Å². The van der Waals surface area contributed by atoms with Crippen molar-refractivity contribution in [1.29, 1.82) is 5.41 Å². The number of alkyl halides is 3. The first kappa shape index (κ1) is 24.3. The minimum Gasteiger partial charge on any atom is -0.436 e. The van der Waals surface area contributed by atoms with E-state index in [4.69, 9.17) is 10.8 Å². The van der Waals surface area contributed by atoms with E-state index in [2.05, 4.69) is 10.6 Å². The Morgan fingerprint density at radius 1 is 1.14 bits per heavy atom. The van der Waals surface area contributed by atoms with Crippen molar-refractivity contribution < 1.29 is 22.6 Å². The Kier molecular flexibility index (Phi) is 6.25. The number of amides is 1. The number of quaternary nitrogens is 1. The summed E-state index contributed by atoms with van der Waals surface area (Å²) in [5.41, 5.74) is 5.92. The highest BCUT2D eigenvalue weighted by atomic mass is 19.4. The Morgan fingerprint density at radius 2 is 1.86 bits per heavy atom. The Balaban J connectivity index is 1.41. The molecule has 2 heterocycles. The normalized spacial score (nSPS) is 27.1. The van der Waals surface area contributed by atoms with Crippen LogP contribution in [0.5, 0.6) is 0 Å². The van der Waals surface area contributed by atoms with E-state index in [1.165, 1.54) is 12.1 Å². The van der Waals surface area contributed by atoms with Gasteiger partial charge in [0.1, 0.15) is 5.82 Å². The predicted molar refractivity (Wildman–Crippen MR) is 131 cm³/mol. The SMILES string of the molecule is CN1C[N+]2([N-][C@@H]3CCC[C@@H]32)C(=N)/C(=C(\NCCc2ccc(C(F)(F)F)cc2)Nc2ccccc2)C1=O. The maximum atomic E-state index is 13.3. The molecule has 1 amide bonds. The molecule has 2 aromatic rings. The second kappa shape index (κ2) is 9.25.